The second-order valence-electron chi connectivity index (χ2n) is 14.2. The molecule has 0 aromatic heterocycles. The van der Waals surface area contributed by atoms with E-state index in [1.807, 2.05) is 0 Å². The Morgan fingerprint density at radius 3 is 1.15 bits per heavy atom. The summed E-state index contributed by atoms with van der Waals surface area (Å²) in [7, 11) is 0. The number of amides is 6. The van der Waals surface area contributed by atoms with Crippen molar-refractivity contribution in [3.63, 3.8) is 0 Å². The summed E-state index contributed by atoms with van der Waals surface area (Å²) in [6.45, 7) is 2.56. The zero-order valence-electron chi connectivity index (χ0n) is 36.3. The molecule has 6 amide bonds. The lowest BCUT2D eigenvalue weighted by atomic mass is 10.1. The van der Waals surface area contributed by atoms with Crippen molar-refractivity contribution in [1.82, 2.24) is 31.9 Å². The molecule has 0 fully saturated rings. The van der Waals surface area contributed by atoms with Crippen molar-refractivity contribution in [2.24, 2.45) is 11.5 Å². The Balaban J connectivity index is -0.00000383. The molecule has 0 unspecified atom stereocenters. The lowest BCUT2D eigenvalue weighted by molar-refractivity contribution is -0.143. The van der Waals surface area contributed by atoms with Crippen molar-refractivity contribution in [2.75, 3.05) is 39.5 Å². The minimum Gasteiger partial charge on any atom is -0.481 e. The molecule has 0 saturated carbocycles. The number of carboxylic acid groups (broad SMARTS) is 3. The molecule has 0 aliphatic heterocycles. The largest absolute Gasteiger partial charge is 0.481 e. The van der Waals surface area contributed by atoms with Crippen LogP contribution in [0.5, 0.6) is 0 Å². The van der Waals surface area contributed by atoms with Crippen LogP contribution >= 0.6 is 0 Å². The number of nitrogens with one attached hydrogen (secondary N) is 6. The molecule has 0 bridgehead atoms. The predicted molar refractivity (Wildman–Crippen MR) is 226 cm³/mol. The number of nitrogens with two attached hydrogens (primary N) is 2. The highest BCUT2D eigenvalue weighted by Crippen LogP contribution is 2.12. The van der Waals surface area contributed by atoms with Crippen LogP contribution in [0.2, 0.25) is 0 Å². The molecule has 22 nitrogen and oxygen atoms in total. The Labute approximate surface area is 359 Å². The summed E-state index contributed by atoms with van der Waals surface area (Å²) in [5.41, 5.74) is 11.1. The summed E-state index contributed by atoms with van der Waals surface area (Å²) in [6.07, 6.45) is 15.7. The molecule has 0 aliphatic carbocycles. The molecule has 0 radical (unpaired) electrons. The lowest BCUT2D eigenvalue weighted by Gasteiger charge is -2.25. The number of carboxylic acids is 3. The van der Waals surface area contributed by atoms with Gasteiger partial charge in [-0.3, -0.25) is 28.8 Å². The summed E-state index contributed by atoms with van der Waals surface area (Å²) >= 11 is 0. The van der Waals surface area contributed by atoms with Gasteiger partial charge in [0, 0.05) is 20.4 Å². The molecule has 0 aromatic carbocycles. The summed E-state index contributed by atoms with van der Waals surface area (Å²) in [5.74, 6) is -6.95. The van der Waals surface area contributed by atoms with Gasteiger partial charge in [0.1, 0.15) is 30.2 Å². The van der Waals surface area contributed by atoms with E-state index in [2.05, 4.69) is 38.8 Å². The fraction of sp³-hybridized carbons (Fsp3) is 0.795. The SMILES string of the molecule is CC(=O)O.CC(=O)O.CCCCCCCCCCCCCCNC(=O)N[C@@H](CCCCN)C(=O)N[C@@H](CO)C(=O)N[C@@H](CO)C(=O)N[C@@H](CCCN)C(=O)N[C@@H](CO)C(=O)O. The summed E-state index contributed by atoms with van der Waals surface area (Å²) in [5, 5.41) is 67.3. The number of carbonyl (C=O) groups is 8. The van der Waals surface area contributed by atoms with E-state index in [1.165, 1.54) is 51.4 Å². The quantitative estimate of drug-likeness (QED) is 0.0366. The van der Waals surface area contributed by atoms with Gasteiger partial charge in [-0.25, -0.2) is 9.59 Å². The first-order valence-corrected chi connectivity index (χ1v) is 21.1. The molecule has 356 valence electrons. The molecular weight excluding hydrogens is 804 g/mol. The lowest BCUT2D eigenvalue weighted by Crippen LogP contribution is -2.60. The molecule has 5 atom stereocenters. The molecule has 0 aromatic rings. The first-order valence-electron chi connectivity index (χ1n) is 21.1. The number of aliphatic hydroxyl groups is 3. The van der Waals surface area contributed by atoms with E-state index >= 15 is 0 Å². The molecular formula is C39H76N8O14. The fourth-order valence-corrected chi connectivity index (χ4v) is 5.39. The van der Waals surface area contributed by atoms with Gasteiger partial charge in [-0.1, -0.05) is 77.6 Å². The van der Waals surface area contributed by atoms with E-state index in [0.717, 1.165) is 39.5 Å². The van der Waals surface area contributed by atoms with Crippen LogP contribution in [0.1, 0.15) is 130 Å². The molecule has 61 heavy (non-hydrogen) atoms. The van der Waals surface area contributed by atoms with E-state index in [-0.39, 0.29) is 25.8 Å². The summed E-state index contributed by atoms with van der Waals surface area (Å²) < 4.78 is 0. The van der Waals surface area contributed by atoms with Crippen LogP contribution < -0.4 is 43.4 Å². The first-order chi connectivity index (χ1) is 28.9. The summed E-state index contributed by atoms with van der Waals surface area (Å²) in [6, 6.07) is -7.82. The van der Waals surface area contributed by atoms with Crippen molar-refractivity contribution < 1.29 is 69.0 Å². The van der Waals surface area contributed by atoms with Gasteiger partial charge in [0.15, 0.2) is 0 Å². The number of hydrogen-bond donors (Lipinski definition) is 14. The third kappa shape index (κ3) is 36.9. The van der Waals surface area contributed by atoms with Crippen LogP contribution in [0.4, 0.5) is 4.79 Å². The van der Waals surface area contributed by atoms with Crippen molar-refractivity contribution in [1.29, 1.82) is 0 Å². The average Bonchev–Trinajstić information content (AvgIpc) is 3.19. The highest BCUT2D eigenvalue weighted by atomic mass is 16.4. The molecule has 0 aliphatic rings. The Bertz CT molecular complexity index is 1230. The fourth-order valence-electron chi connectivity index (χ4n) is 5.39. The van der Waals surface area contributed by atoms with E-state index in [1.54, 1.807) is 0 Å². The van der Waals surface area contributed by atoms with Gasteiger partial charge in [0.25, 0.3) is 11.9 Å². The maximum absolute atomic E-state index is 13.2. The topological polar surface area (TPSA) is 382 Å². The predicted octanol–water partition coefficient (Wildman–Crippen LogP) is -0.594. The molecule has 0 saturated heterocycles. The molecule has 0 rings (SSSR count). The standard InChI is InChI=1S/C35H68N8O10.2C2H4O2/c1-2-3-4-5-6-7-8-9-10-11-12-15-21-38-35(53)43-26(17-13-14-19-36)31(48)40-28(23-45)33(50)41-27(22-44)32(49)39-25(18-16-20-37)30(47)42-29(24-46)34(51)52;2*1-2(3)4/h25-29,44-46H,2-24,36-37H2,1H3,(H,39,49)(H,40,48)(H,41,50)(H,42,47)(H,51,52)(H2,38,43,53);2*1H3,(H,3,4)/t25-,26-,27-,28-,29-;;/m0../s1. The monoisotopic (exact) mass is 881 g/mol. The van der Waals surface area contributed by atoms with Gasteiger partial charge in [-0.15, -0.1) is 0 Å². The van der Waals surface area contributed by atoms with Gasteiger partial charge < -0.3 is 74.0 Å². The van der Waals surface area contributed by atoms with Crippen LogP contribution in [-0.4, -0.2) is 148 Å². The Morgan fingerprint density at radius 2 is 0.770 bits per heavy atom. The molecule has 0 spiro atoms. The van der Waals surface area contributed by atoms with Gasteiger partial charge in [0.05, 0.1) is 19.8 Å². The van der Waals surface area contributed by atoms with Gasteiger partial charge in [-0.2, -0.15) is 0 Å². The zero-order chi connectivity index (χ0) is 47.0. The van der Waals surface area contributed by atoms with Crippen LogP contribution in [0.25, 0.3) is 0 Å². The molecule has 16 N–H and O–H groups in total. The summed E-state index contributed by atoms with van der Waals surface area (Å²) in [4.78, 5) is 93.7. The number of aliphatic hydroxyl groups excluding tert-OH is 3. The van der Waals surface area contributed by atoms with Crippen molar-refractivity contribution in [3.8, 4) is 0 Å². The third-order valence-corrected chi connectivity index (χ3v) is 8.64. The van der Waals surface area contributed by atoms with Gasteiger partial charge in [0.2, 0.25) is 23.6 Å². The van der Waals surface area contributed by atoms with E-state index in [9.17, 15) is 44.1 Å². The van der Waals surface area contributed by atoms with Gasteiger partial charge in [-0.05, 0) is 51.6 Å². The van der Waals surface area contributed by atoms with Crippen LogP contribution in [-0.2, 0) is 33.6 Å². The second-order valence-corrected chi connectivity index (χ2v) is 14.2. The number of rotatable bonds is 33. The van der Waals surface area contributed by atoms with E-state index in [0.29, 0.717) is 25.9 Å². The minimum atomic E-state index is -1.64. The highest BCUT2D eigenvalue weighted by Gasteiger charge is 2.32. The third-order valence-electron chi connectivity index (χ3n) is 8.64. The number of aliphatic carboxylic acids is 3. The van der Waals surface area contributed by atoms with Gasteiger partial charge >= 0.3 is 12.0 Å². The molecule has 22 heteroatoms. The average molecular weight is 881 g/mol. The van der Waals surface area contributed by atoms with Crippen LogP contribution in [0, 0.1) is 0 Å². The second kappa shape index (κ2) is 40.7. The Kier molecular flexibility index (Phi) is 40.5. The van der Waals surface area contributed by atoms with Crippen molar-refractivity contribution in [3.05, 3.63) is 0 Å². The Morgan fingerprint density at radius 1 is 0.443 bits per heavy atom. The number of carbonyl (C=O) groups excluding carboxylic acids is 5. The van der Waals surface area contributed by atoms with Crippen LogP contribution in [0.15, 0.2) is 0 Å². The number of hydrogen-bond acceptors (Lipinski definition) is 13. The number of urea groups is 1. The Hall–Kier alpha value is -4.64. The van der Waals surface area contributed by atoms with Crippen molar-refractivity contribution >= 4 is 47.6 Å². The first kappa shape index (κ1) is 60.7. The number of unbranched alkanes of at least 4 members (excludes halogenated alkanes) is 12. The van der Waals surface area contributed by atoms with E-state index < -0.39 is 97.6 Å². The molecule has 0 heterocycles. The highest BCUT2D eigenvalue weighted by molar-refractivity contribution is 5.96. The van der Waals surface area contributed by atoms with Crippen LogP contribution in [0.3, 0.4) is 0 Å². The minimum absolute atomic E-state index is 0.0290. The maximum atomic E-state index is 13.2. The van der Waals surface area contributed by atoms with E-state index in [4.69, 9.17) is 36.4 Å². The normalized spacial score (nSPS) is 12.9. The maximum Gasteiger partial charge on any atom is 0.328 e. The smallest absolute Gasteiger partial charge is 0.328 e. The zero-order valence-corrected chi connectivity index (χ0v) is 36.3. The van der Waals surface area contributed by atoms with Crippen molar-refractivity contribution in [2.45, 2.75) is 160 Å².